The van der Waals surface area contributed by atoms with E-state index in [1.54, 1.807) is 0 Å². The first-order valence-corrected chi connectivity index (χ1v) is 5.59. The monoisotopic (exact) mass is 271 g/mol. The first kappa shape index (κ1) is 12.2. The molecule has 3 nitrogen and oxygen atoms in total. The third-order valence-electron chi connectivity index (χ3n) is 2.14. The summed E-state index contributed by atoms with van der Waals surface area (Å²) in [6, 6.07) is 8.14. The molecule has 0 radical (unpaired) electrons. The standard InChI is InChI=1S/C11H14BrNO2/c1-8(13-6-5-11(14)15)9-3-2-4-10(12)7-9/h2-4,7-8,13H,5-6H2,1H3,(H,14,15)/t8-/m0/s1. The van der Waals surface area contributed by atoms with Crippen molar-refractivity contribution in [3.8, 4) is 0 Å². The Hall–Kier alpha value is -0.870. The van der Waals surface area contributed by atoms with Crippen LogP contribution in [0, 0.1) is 0 Å². The van der Waals surface area contributed by atoms with E-state index in [1.165, 1.54) is 0 Å². The zero-order chi connectivity index (χ0) is 11.3. The van der Waals surface area contributed by atoms with Crippen molar-refractivity contribution in [1.29, 1.82) is 0 Å². The van der Waals surface area contributed by atoms with Gasteiger partial charge in [-0.15, -0.1) is 0 Å². The topological polar surface area (TPSA) is 49.3 Å². The lowest BCUT2D eigenvalue weighted by Crippen LogP contribution is -2.21. The highest BCUT2D eigenvalue weighted by Gasteiger charge is 2.05. The van der Waals surface area contributed by atoms with Gasteiger partial charge >= 0.3 is 5.97 Å². The lowest BCUT2D eigenvalue weighted by Gasteiger charge is -2.13. The third-order valence-corrected chi connectivity index (χ3v) is 2.63. The maximum Gasteiger partial charge on any atom is 0.304 e. The average molecular weight is 272 g/mol. The summed E-state index contributed by atoms with van der Waals surface area (Å²) in [6.07, 6.45) is 0.151. The Bertz CT molecular complexity index is 341. The van der Waals surface area contributed by atoms with E-state index in [1.807, 2.05) is 31.2 Å². The summed E-state index contributed by atoms with van der Waals surface area (Å²) < 4.78 is 1.03. The third kappa shape index (κ3) is 4.44. The molecular weight excluding hydrogens is 258 g/mol. The van der Waals surface area contributed by atoms with Gasteiger partial charge in [-0.2, -0.15) is 0 Å². The van der Waals surface area contributed by atoms with E-state index in [-0.39, 0.29) is 12.5 Å². The smallest absolute Gasteiger partial charge is 0.304 e. The molecule has 1 atom stereocenters. The Morgan fingerprint density at radius 2 is 2.33 bits per heavy atom. The van der Waals surface area contributed by atoms with Gasteiger partial charge in [-0.1, -0.05) is 28.1 Å². The van der Waals surface area contributed by atoms with Crippen molar-refractivity contribution in [2.75, 3.05) is 6.54 Å². The predicted octanol–water partition coefficient (Wildman–Crippen LogP) is 2.57. The summed E-state index contributed by atoms with van der Waals surface area (Å²) in [4.78, 5) is 10.3. The summed E-state index contributed by atoms with van der Waals surface area (Å²) >= 11 is 3.40. The van der Waals surface area contributed by atoms with E-state index in [9.17, 15) is 4.79 Å². The molecule has 0 spiro atoms. The van der Waals surface area contributed by atoms with Crippen LogP contribution in [0.4, 0.5) is 0 Å². The number of carboxylic acid groups (broad SMARTS) is 1. The van der Waals surface area contributed by atoms with Crippen LogP contribution in [0.25, 0.3) is 0 Å². The molecule has 2 N–H and O–H groups in total. The summed E-state index contributed by atoms with van der Waals surface area (Å²) in [5.41, 5.74) is 1.15. The molecule has 15 heavy (non-hydrogen) atoms. The second-order valence-corrected chi connectivity index (χ2v) is 4.29. The molecule has 0 aromatic heterocycles. The van der Waals surface area contributed by atoms with E-state index in [4.69, 9.17) is 5.11 Å². The maximum atomic E-state index is 10.3. The van der Waals surface area contributed by atoms with Crippen molar-refractivity contribution in [2.45, 2.75) is 19.4 Å². The van der Waals surface area contributed by atoms with E-state index in [0.29, 0.717) is 6.54 Å². The Labute approximate surface area is 97.6 Å². The van der Waals surface area contributed by atoms with Crippen LogP contribution in [-0.4, -0.2) is 17.6 Å². The Kier molecular flexibility index (Phi) is 4.78. The van der Waals surface area contributed by atoms with Gasteiger partial charge in [-0.3, -0.25) is 4.79 Å². The molecular formula is C11H14BrNO2. The van der Waals surface area contributed by atoms with Gasteiger partial charge in [0.15, 0.2) is 0 Å². The van der Waals surface area contributed by atoms with Crippen molar-refractivity contribution in [1.82, 2.24) is 5.32 Å². The molecule has 0 aliphatic carbocycles. The molecule has 0 aliphatic heterocycles. The number of nitrogens with one attached hydrogen (secondary N) is 1. The molecule has 0 amide bonds. The molecule has 82 valence electrons. The molecule has 0 bridgehead atoms. The fourth-order valence-corrected chi connectivity index (χ4v) is 1.71. The van der Waals surface area contributed by atoms with Gasteiger partial charge in [0.2, 0.25) is 0 Å². The fraction of sp³-hybridized carbons (Fsp3) is 0.364. The Balaban J connectivity index is 2.46. The summed E-state index contributed by atoms with van der Waals surface area (Å²) in [5.74, 6) is -0.774. The number of aliphatic carboxylic acids is 1. The molecule has 1 aromatic rings. The van der Waals surface area contributed by atoms with Crippen LogP contribution in [0.2, 0.25) is 0 Å². The highest BCUT2D eigenvalue weighted by atomic mass is 79.9. The van der Waals surface area contributed by atoms with Crippen LogP contribution in [0.15, 0.2) is 28.7 Å². The highest BCUT2D eigenvalue weighted by Crippen LogP contribution is 2.17. The van der Waals surface area contributed by atoms with E-state index in [0.717, 1.165) is 10.0 Å². The molecule has 4 heteroatoms. The van der Waals surface area contributed by atoms with E-state index >= 15 is 0 Å². The van der Waals surface area contributed by atoms with Crippen LogP contribution in [0.5, 0.6) is 0 Å². The number of benzene rings is 1. The zero-order valence-electron chi connectivity index (χ0n) is 8.53. The average Bonchev–Trinajstić information content (AvgIpc) is 2.17. The van der Waals surface area contributed by atoms with Gasteiger partial charge in [0.25, 0.3) is 0 Å². The highest BCUT2D eigenvalue weighted by molar-refractivity contribution is 9.10. The van der Waals surface area contributed by atoms with Gasteiger partial charge in [0.05, 0.1) is 6.42 Å². The van der Waals surface area contributed by atoms with Crippen molar-refractivity contribution in [2.24, 2.45) is 0 Å². The summed E-state index contributed by atoms with van der Waals surface area (Å²) in [5, 5.41) is 11.6. The number of carboxylic acids is 1. The first-order valence-electron chi connectivity index (χ1n) is 4.80. The van der Waals surface area contributed by atoms with Crippen LogP contribution >= 0.6 is 15.9 Å². The minimum absolute atomic E-state index is 0.151. The molecule has 1 rings (SSSR count). The van der Waals surface area contributed by atoms with Gasteiger partial charge < -0.3 is 10.4 Å². The minimum Gasteiger partial charge on any atom is -0.481 e. The Morgan fingerprint density at radius 3 is 2.93 bits per heavy atom. The number of rotatable bonds is 5. The maximum absolute atomic E-state index is 10.3. The zero-order valence-corrected chi connectivity index (χ0v) is 10.1. The SMILES string of the molecule is C[C@H](NCCC(=O)O)c1cccc(Br)c1. The molecule has 1 aromatic carbocycles. The van der Waals surface area contributed by atoms with Crippen molar-refractivity contribution in [3.63, 3.8) is 0 Å². The lowest BCUT2D eigenvalue weighted by atomic mass is 10.1. The number of hydrogen-bond donors (Lipinski definition) is 2. The molecule has 0 heterocycles. The number of halogens is 1. The summed E-state index contributed by atoms with van der Waals surface area (Å²) in [7, 11) is 0. The van der Waals surface area contributed by atoms with Crippen molar-refractivity contribution in [3.05, 3.63) is 34.3 Å². The fourth-order valence-electron chi connectivity index (χ4n) is 1.29. The van der Waals surface area contributed by atoms with Gasteiger partial charge in [-0.05, 0) is 24.6 Å². The molecule has 0 saturated carbocycles. The normalized spacial score (nSPS) is 12.4. The predicted molar refractivity (Wildman–Crippen MR) is 62.8 cm³/mol. The number of carbonyl (C=O) groups is 1. The van der Waals surface area contributed by atoms with Crippen LogP contribution in [0.3, 0.4) is 0 Å². The second-order valence-electron chi connectivity index (χ2n) is 3.37. The van der Waals surface area contributed by atoms with Gasteiger partial charge in [0.1, 0.15) is 0 Å². The van der Waals surface area contributed by atoms with Crippen molar-refractivity contribution >= 4 is 21.9 Å². The van der Waals surface area contributed by atoms with E-state index < -0.39 is 5.97 Å². The van der Waals surface area contributed by atoms with Gasteiger partial charge in [0, 0.05) is 17.1 Å². The van der Waals surface area contributed by atoms with Crippen LogP contribution in [-0.2, 0) is 4.79 Å². The largest absolute Gasteiger partial charge is 0.481 e. The lowest BCUT2D eigenvalue weighted by molar-refractivity contribution is -0.136. The Morgan fingerprint density at radius 1 is 1.60 bits per heavy atom. The summed E-state index contributed by atoms with van der Waals surface area (Å²) in [6.45, 7) is 2.51. The van der Waals surface area contributed by atoms with Crippen LogP contribution < -0.4 is 5.32 Å². The first-order chi connectivity index (χ1) is 7.09. The molecule has 0 fully saturated rings. The van der Waals surface area contributed by atoms with Crippen LogP contribution in [0.1, 0.15) is 24.9 Å². The molecule has 0 unspecified atom stereocenters. The van der Waals surface area contributed by atoms with E-state index in [2.05, 4.69) is 21.2 Å². The molecule has 0 aliphatic rings. The second kappa shape index (κ2) is 5.88. The minimum atomic E-state index is -0.774. The van der Waals surface area contributed by atoms with Gasteiger partial charge in [-0.25, -0.2) is 0 Å². The quantitative estimate of drug-likeness (QED) is 0.866. The van der Waals surface area contributed by atoms with Crippen molar-refractivity contribution < 1.29 is 9.90 Å². The number of hydrogen-bond acceptors (Lipinski definition) is 2. The molecule has 0 saturated heterocycles.